The van der Waals surface area contributed by atoms with Crippen LogP contribution in [0, 0.1) is 0 Å². The highest BCUT2D eigenvalue weighted by Crippen LogP contribution is 2.45. The van der Waals surface area contributed by atoms with Gasteiger partial charge in [0.05, 0.1) is 18.8 Å². The summed E-state index contributed by atoms with van der Waals surface area (Å²) in [6.45, 7) is 4.91. The standard InChI is InChI=1S/C21H34F2N5O8PS/c1-10(2)34-18(30)12(5)26-37(38,27-13(6)19(31)35-11(3)4)33-9-14-21(22,23)16(29)17(36-14)28-8-7-15(24)25-20(28)32/h7-8,10-14,16-17,29H,9H2,1-6H3,(H2,24,25,32)(H2,26,27,38). The molecular formula is C21H34F2N5O8PS. The van der Waals surface area contributed by atoms with Gasteiger partial charge in [-0.1, -0.05) is 0 Å². The van der Waals surface area contributed by atoms with Crippen molar-refractivity contribution in [1.29, 1.82) is 0 Å². The third kappa shape index (κ3) is 8.21. The molecule has 17 heteroatoms. The molecule has 0 spiro atoms. The SMILES string of the molecule is CC(C)OC(=O)C(C)NP(=S)(NC(C)C(=O)OC(C)C)OCC1OC(n2ccc(N)nc2=O)C(O)C1(F)F. The number of nitrogens with two attached hydrogens (primary N) is 1. The number of aliphatic hydroxyl groups excluding tert-OH is 1. The van der Waals surface area contributed by atoms with Crippen LogP contribution < -0.4 is 21.6 Å². The summed E-state index contributed by atoms with van der Waals surface area (Å²) in [5.74, 6) is -5.40. The zero-order valence-electron chi connectivity index (χ0n) is 21.8. The van der Waals surface area contributed by atoms with Crippen molar-refractivity contribution >= 4 is 36.1 Å². The normalized spacial score (nSPS) is 24.1. The highest BCUT2D eigenvalue weighted by molar-refractivity contribution is 8.10. The smallest absolute Gasteiger partial charge is 0.351 e. The Kier molecular flexibility index (Phi) is 10.9. The van der Waals surface area contributed by atoms with E-state index in [1.807, 2.05) is 0 Å². The van der Waals surface area contributed by atoms with Crippen LogP contribution in [-0.4, -0.2) is 75.6 Å². The second kappa shape index (κ2) is 12.9. The molecule has 0 saturated carbocycles. The first-order valence-corrected chi connectivity index (χ1v) is 14.5. The van der Waals surface area contributed by atoms with Crippen molar-refractivity contribution < 1.29 is 42.2 Å². The summed E-state index contributed by atoms with van der Waals surface area (Å²) in [4.78, 5) is 40.3. The molecule has 5 unspecified atom stereocenters. The van der Waals surface area contributed by atoms with Crippen molar-refractivity contribution in [2.24, 2.45) is 0 Å². The van der Waals surface area contributed by atoms with Gasteiger partial charge in [0.25, 0.3) is 0 Å². The Bertz CT molecular complexity index is 1070. The van der Waals surface area contributed by atoms with E-state index in [0.717, 1.165) is 6.20 Å². The van der Waals surface area contributed by atoms with Crippen LogP contribution in [0.1, 0.15) is 47.8 Å². The number of esters is 2. The molecule has 5 N–H and O–H groups in total. The van der Waals surface area contributed by atoms with E-state index in [0.29, 0.717) is 4.57 Å². The average molecular weight is 586 g/mol. The van der Waals surface area contributed by atoms with Crippen molar-refractivity contribution in [3.05, 3.63) is 22.7 Å². The number of carbonyl (C=O) groups is 2. The molecule has 216 valence electrons. The maximum absolute atomic E-state index is 15.0. The highest BCUT2D eigenvalue weighted by atomic mass is 32.4. The van der Waals surface area contributed by atoms with Crippen molar-refractivity contribution in [2.75, 3.05) is 12.3 Å². The molecule has 0 aliphatic carbocycles. The molecular weight excluding hydrogens is 551 g/mol. The largest absolute Gasteiger partial charge is 0.462 e. The maximum atomic E-state index is 15.0. The topological polar surface area (TPSA) is 176 Å². The van der Waals surface area contributed by atoms with Gasteiger partial charge in [-0.25, -0.2) is 23.7 Å². The molecule has 0 radical (unpaired) electrons. The summed E-state index contributed by atoms with van der Waals surface area (Å²) in [6, 6.07) is -0.916. The number of anilines is 1. The Morgan fingerprint density at radius 2 is 1.68 bits per heavy atom. The van der Waals surface area contributed by atoms with Crippen molar-refractivity contribution in [3.63, 3.8) is 0 Å². The van der Waals surface area contributed by atoms with Crippen LogP contribution >= 0.6 is 6.57 Å². The van der Waals surface area contributed by atoms with Crippen LogP contribution in [0.2, 0.25) is 0 Å². The Labute approximate surface area is 223 Å². The summed E-state index contributed by atoms with van der Waals surface area (Å²) >= 11 is 5.53. The molecule has 5 atom stereocenters. The third-order valence-electron chi connectivity index (χ3n) is 5.07. The van der Waals surface area contributed by atoms with Crippen LogP contribution in [0.4, 0.5) is 14.6 Å². The Morgan fingerprint density at radius 1 is 1.18 bits per heavy atom. The van der Waals surface area contributed by atoms with E-state index < -0.39 is 79.5 Å². The zero-order chi connectivity index (χ0) is 29.0. The molecule has 2 rings (SSSR count). The molecule has 1 saturated heterocycles. The number of nitrogens with zero attached hydrogens (tertiary/aromatic N) is 2. The van der Waals surface area contributed by atoms with Gasteiger partial charge in [0.1, 0.15) is 17.9 Å². The number of nitrogen functional groups attached to an aromatic ring is 1. The molecule has 0 aromatic carbocycles. The number of aliphatic hydroxyl groups is 1. The van der Waals surface area contributed by atoms with Gasteiger partial charge in [-0.2, -0.15) is 4.98 Å². The van der Waals surface area contributed by atoms with Crippen molar-refractivity contribution in [1.82, 2.24) is 19.7 Å². The second-order valence-electron chi connectivity index (χ2n) is 9.20. The molecule has 1 aromatic rings. The first kappa shape index (κ1) is 32.1. The number of rotatable bonds is 12. The number of halogens is 2. The van der Waals surface area contributed by atoms with E-state index >= 15 is 0 Å². The van der Waals surface area contributed by atoms with Crippen molar-refractivity contribution in [3.8, 4) is 0 Å². The lowest BCUT2D eigenvalue weighted by Gasteiger charge is -2.31. The fourth-order valence-corrected chi connectivity index (χ4v) is 6.20. The number of ether oxygens (including phenoxy) is 3. The molecule has 1 aliphatic heterocycles. The summed E-state index contributed by atoms with van der Waals surface area (Å²) in [6.07, 6.45) is -6.10. The minimum atomic E-state index is -3.88. The van der Waals surface area contributed by atoms with E-state index in [-0.39, 0.29) is 5.82 Å². The Morgan fingerprint density at radius 3 is 2.13 bits per heavy atom. The van der Waals surface area contributed by atoms with E-state index in [4.69, 9.17) is 36.3 Å². The van der Waals surface area contributed by atoms with Gasteiger partial charge in [0.15, 0.2) is 25.0 Å². The van der Waals surface area contributed by atoms with Gasteiger partial charge in [-0.3, -0.25) is 14.2 Å². The molecule has 38 heavy (non-hydrogen) atoms. The lowest BCUT2D eigenvalue weighted by Crippen LogP contribution is -2.45. The first-order chi connectivity index (χ1) is 17.5. The van der Waals surface area contributed by atoms with Gasteiger partial charge >= 0.3 is 23.6 Å². The van der Waals surface area contributed by atoms with Crippen LogP contribution in [0.5, 0.6) is 0 Å². The number of carbonyl (C=O) groups excluding carboxylic acids is 2. The first-order valence-electron chi connectivity index (χ1n) is 11.7. The second-order valence-corrected chi connectivity index (χ2v) is 12.6. The number of alkyl halides is 2. The van der Waals surface area contributed by atoms with Gasteiger partial charge in [0.2, 0.25) is 0 Å². The van der Waals surface area contributed by atoms with Gasteiger partial charge in [-0.05, 0) is 59.4 Å². The Hall–Kier alpha value is -2.07. The molecule has 0 bridgehead atoms. The molecule has 0 amide bonds. The summed E-state index contributed by atoms with van der Waals surface area (Å²) in [5, 5.41) is 15.7. The number of hydrogen-bond donors (Lipinski definition) is 4. The van der Waals surface area contributed by atoms with Gasteiger partial charge < -0.3 is 29.6 Å². The minimum Gasteiger partial charge on any atom is -0.462 e. The zero-order valence-corrected chi connectivity index (χ0v) is 23.5. The highest BCUT2D eigenvalue weighted by Gasteiger charge is 2.59. The summed E-state index contributed by atoms with van der Waals surface area (Å²) in [7, 11) is 0. The van der Waals surface area contributed by atoms with Crippen LogP contribution in [0.25, 0.3) is 0 Å². The quantitative estimate of drug-likeness (QED) is 0.201. The maximum Gasteiger partial charge on any atom is 0.351 e. The molecule has 1 aliphatic rings. The Balaban J connectivity index is 2.25. The van der Waals surface area contributed by atoms with Crippen molar-refractivity contribution in [2.45, 2.75) is 90.2 Å². The van der Waals surface area contributed by atoms with Crippen LogP contribution in [0.15, 0.2) is 17.1 Å². The predicted octanol–water partition coefficient (Wildman–Crippen LogP) is 0.820. The molecule has 1 aromatic heterocycles. The molecule has 1 fully saturated rings. The van der Waals surface area contributed by atoms with Gasteiger partial charge in [0, 0.05) is 6.20 Å². The minimum absolute atomic E-state index is 0.140. The summed E-state index contributed by atoms with van der Waals surface area (Å²) < 4.78 is 51.8. The number of nitrogens with one attached hydrogen (secondary N) is 2. The average Bonchev–Trinajstić information content (AvgIpc) is 3.00. The number of hydrogen-bond acceptors (Lipinski definition) is 11. The van der Waals surface area contributed by atoms with E-state index in [9.17, 15) is 28.3 Å². The van der Waals surface area contributed by atoms with E-state index in [2.05, 4.69) is 15.2 Å². The molecule has 13 nitrogen and oxygen atoms in total. The lowest BCUT2D eigenvalue weighted by molar-refractivity contribution is -0.149. The predicted molar refractivity (Wildman–Crippen MR) is 136 cm³/mol. The third-order valence-corrected chi connectivity index (χ3v) is 7.98. The van der Waals surface area contributed by atoms with E-state index in [1.54, 1.807) is 27.7 Å². The summed E-state index contributed by atoms with van der Waals surface area (Å²) in [5.41, 5.74) is 4.42. The monoisotopic (exact) mass is 585 g/mol. The number of aromatic nitrogens is 2. The van der Waals surface area contributed by atoms with Gasteiger partial charge in [-0.15, -0.1) is 0 Å². The fourth-order valence-electron chi connectivity index (χ4n) is 3.27. The van der Waals surface area contributed by atoms with Crippen LogP contribution in [-0.2, 0) is 40.1 Å². The lowest BCUT2D eigenvalue weighted by atomic mass is 10.1. The van der Waals surface area contributed by atoms with E-state index in [1.165, 1.54) is 19.9 Å². The molecule has 2 heterocycles. The van der Waals surface area contributed by atoms with Crippen LogP contribution in [0.3, 0.4) is 0 Å². The fraction of sp³-hybridized carbons (Fsp3) is 0.714.